The van der Waals surface area contributed by atoms with Crippen molar-refractivity contribution in [1.29, 1.82) is 0 Å². The van der Waals surface area contributed by atoms with E-state index in [2.05, 4.69) is 9.71 Å². The first kappa shape index (κ1) is 13.0. The molecule has 2 aromatic rings. The molecule has 5 heteroatoms. The van der Waals surface area contributed by atoms with Crippen LogP contribution >= 0.6 is 0 Å². The van der Waals surface area contributed by atoms with E-state index in [0.29, 0.717) is 5.39 Å². The molecule has 2 rings (SSSR count). The first-order valence-electron chi connectivity index (χ1n) is 5.78. The fraction of sp³-hybridized carbons (Fsp3) is 0.308. The van der Waals surface area contributed by atoms with Gasteiger partial charge in [0.1, 0.15) is 0 Å². The number of fused-ring (bicyclic) bond motifs is 1. The third-order valence-corrected chi connectivity index (χ3v) is 4.22. The van der Waals surface area contributed by atoms with E-state index in [1.807, 2.05) is 25.1 Å². The summed E-state index contributed by atoms with van der Waals surface area (Å²) in [5, 5.41) is 1.67. The van der Waals surface area contributed by atoms with Crippen LogP contribution in [0.2, 0.25) is 0 Å². The fourth-order valence-electron chi connectivity index (χ4n) is 1.89. The van der Waals surface area contributed by atoms with Crippen LogP contribution in [0.5, 0.6) is 0 Å². The molecule has 18 heavy (non-hydrogen) atoms. The van der Waals surface area contributed by atoms with Crippen molar-refractivity contribution in [3.63, 3.8) is 0 Å². The van der Waals surface area contributed by atoms with E-state index in [1.54, 1.807) is 26.1 Å². The average molecular weight is 264 g/mol. The topological polar surface area (TPSA) is 59.1 Å². The van der Waals surface area contributed by atoms with Crippen molar-refractivity contribution >= 4 is 20.8 Å². The van der Waals surface area contributed by atoms with Crippen molar-refractivity contribution < 1.29 is 8.42 Å². The van der Waals surface area contributed by atoms with E-state index >= 15 is 0 Å². The van der Waals surface area contributed by atoms with Gasteiger partial charge in [-0.2, -0.15) is 0 Å². The first-order valence-corrected chi connectivity index (χ1v) is 7.27. The summed E-state index contributed by atoms with van der Waals surface area (Å²) in [5.74, 6) is 0. The van der Waals surface area contributed by atoms with Gasteiger partial charge in [-0.05, 0) is 31.7 Å². The summed E-state index contributed by atoms with van der Waals surface area (Å²) in [5.41, 5.74) is 0.967. The number of rotatable bonds is 3. The Morgan fingerprint density at radius 3 is 2.39 bits per heavy atom. The first-order chi connectivity index (χ1) is 8.42. The Morgan fingerprint density at radius 1 is 1.17 bits per heavy atom. The lowest BCUT2D eigenvalue weighted by Gasteiger charge is -2.11. The Labute approximate surface area is 107 Å². The molecule has 1 N–H and O–H groups in total. The minimum absolute atomic E-state index is 0.0948. The molecule has 0 fully saturated rings. The van der Waals surface area contributed by atoms with Gasteiger partial charge in [-0.1, -0.05) is 24.3 Å². The van der Waals surface area contributed by atoms with Gasteiger partial charge in [0.25, 0.3) is 10.0 Å². The summed E-state index contributed by atoms with van der Waals surface area (Å²) in [6, 6.07) is 7.24. The second kappa shape index (κ2) is 4.66. The predicted octanol–water partition coefficient (Wildman–Crippen LogP) is 2.23. The highest BCUT2D eigenvalue weighted by atomic mass is 32.2. The standard InChI is InChI=1S/C13H16N2O2S/c1-9(2)15-18(16,17)13-12-7-5-4-6-11(12)10(3)8-14-13/h4-9,15H,1-3H3. The smallest absolute Gasteiger partial charge is 0.243 e. The van der Waals surface area contributed by atoms with Gasteiger partial charge in [-0.25, -0.2) is 18.1 Å². The summed E-state index contributed by atoms with van der Waals surface area (Å²) >= 11 is 0. The van der Waals surface area contributed by atoms with Gasteiger partial charge >= 0.3 is 0 Å². The van der Waals surface area contributed by atoms with Crippen LogP contribution in [0.25, 0.3) is 10.8 Å². The van der Waals surface area contributed by atoms with Crippen LogP contribution < -0.4 is 4.72 Å². The van der Waals surface area contributed by atoms with Crippen LogP contribution in [0, 0.1) is 6.92 Å². The van der Waals surface area contributed by atoms with Crippen molar-refractivity contribution in [1.82, 2.24) is 9.71 Å². The molecular formula is C13H16N2O2S. The molecule has 0 bridgehead atoms. The summed E-state index contributed by atoms with van der Waals surface area (Å²) < 4.78 is 26.9. The van der Waals surface area contributed by atoms with Gasteiger partial charge in [0.2, 0.25) is 0 Å². The highest BCUT2D eigenvalue weighted by Crippen LogP contribution is 2.23. The van der Waals surface area contributed by atoms with Gasteiger partial charge in [0.15, 0.2) is 5.03 Å². The normalized spacial score (nSPS) is 12.2. The summed E-state index contributed by atoms with van der Waals surface area (Å²) in [6.45, 7) is 5.49. The number of aryl methyl sites for hydroxylation is 1. The van der Waals surface area contributed by atoms with Crippen LogP contribution in [0.1, 0.15) is 19.4 Å². The highest BCUT2D eigenvalue weighted by Gasteiger charge is 2.20. The number of nitrogens with one attached hydrogen (secondary N) is 1. The maximum absolute atomic E-state index is 12.2. The number of aromatic nitrogens is 1. The molecule has 96 valence electrons. The Morgan fingerprint density at radius 2 is 1.78 bits per heavy atom. The minimum atomic E-state index is -3.56. The molecule has 0 unspecified atom stereocenters. The molecule has 0 saturated heterocycles. The highest BCUT2D eigenvalue weighted by molar-refractivity contribution is 7.89. The fourth-order valence-corrected chi connectivity index (χ4v) is 3.28. The summed E-state index contributed by atoms with van der Waals surface area (Å²) in [4.78, 5) is 4.08. The molecular weight excluding hydrogens is 248 g/mol. The average Bonchev–Trinajstić information content (AvgIpc) is 2.27. The quantitative estimate of drug-likeness (QED) is 0.924. The summed E-state index contributed by atoms with van der Waals surface area (Å²) in [6.07, 6.45) is 1.59. The molecule has 0 aliphatic carbocycles. The third kappa shape index (κ3) is 2.37. The zero-order valence-electron chi connectivity index (χ0n) is 10.6. The monoisotopic (exact) mass is 264 g/mol. The largest absolute Gasteiger partial charge is 0.258 e. The molecule has 0 saturated carbocycles. The number of benzene rings is 1. The summed E-state index contributed by atoms with van der Waals surface area (Å²) in [7, 11) is -3.56. The van der Waals surface area contributed by atoms with Crippen LogP contribution in [-0.4, -0.2) is 19.4 Å². The molecule has 0 amide bonds. The Kier molecular flexibility index (Phi) is 3.36. The number of sulfonamides is 1. The zero-order valence-corrected chi connectivity index (χ0v) is 11.5. The molecule has 0 aliphatic heterocycles. The third-order valence-electron chi connectivity index (χ3n) is 2.60. The zero-order chi connectivity index (χ0) is 13.3. The Bertz CT molecular complexity index is 678. The van der Waals surface area contributed by atoms with E-state index in [4.69, 9.17) is 0 Å². The Hall–Kier alpha value is -1.46. The van der Waals surface area contributed by atoms with Crippen molar-refractivity contribution in [2.45, 2.75) is 31.8 Å². The van der Waals surface area contributed by atoms with Gasteiger partial charge in [-0.15, -0.1) is 0 Å². The maximum atomic E-state index is 12.2. The van der Waals surface area contributed by atoms with Gasteiger partial charge in [-0.3, -0.25) is 0 Å². The van der Waals surface area contributed by atoms with E-state index in [9.17, 15) is 8.42 Å². The van der Waals surface area contributed by atoms with Crippen LogP contribution in [0.15, 0.2) is 35.5 Å². The molecule has 0 spiro atoms. The van der Waals surface area contributed by atoms with E-state index in [0.717, 1.165) is 10.9 Å². The molecule has 0 atom stereocenters. The predicted molar refractivity (Wildman–Crippen MR) is 71.9 cm³/mol. The van der Waals surface area contributed by atoms with Crippen molar-refractivity contribution in [2.24, 2.45) is 0 Å². The number of hydrogen-bond acceptors (Lipinski definition) is 3. The molecule has 1 aromatic heterocycles. The number of nitrogens with zero attached hydrogens (tertiary/aromatic N) is 1. The van der Waals surface area contributed by atoms with Crippen molar-refractivity contribution in [3.05, 3.63) is 36.0 Å². The second-order valence-corrected chi connectivity index (χ2v) is 6.20. The van der Waals surface area contributed by atoms with Gasteiger partial charge < -0.3 is 0 Å². The van der Waals surface area contributed by atoms with Gasteiger partial charge in [0.05, 0.1) is 0 Å². The number of hydrogen-bond donors (Lipinski definition) is 1. The van der Waals surface area contributed by atoms with Gasteiger partial charge in [0, 0.05) is 17.6 Å². The van der Waals surface area contributed by atoms with E-state index in [1.165, 1.54) is 0 Å². The Balaban J connectivity index is 2.70. The molecule has 0 aliphatic rings. The molecule has 1 heterocycles. The van der Waals surface area contributed by atoms with Crippen LogP contribution in [0.3, 0.4) is 0 Å². The van der Waals surface area contributed by atoms with E-state index in [-0.39, 0.29) is 11.1 Å². The van der Waals surface area contributed by atoms with Crippen molar-refractivity contribution in [2.75, 3.05) is 0 Å². The van der Waals surface area contributed by atoms with Crippen LogP contribution in [0.4, 0.5) is 0 Å². The molecule has 1 aromatic carbocycles. The molecule has 4 nitrogen and oxygen atoms in total. The minimum Gasteiger partial charge on any atom is -0.243 e. The lowest BCUT2D eigenvalue weighted by molar-refractivity contribution is 0.567. The van der Waals surface area contributed by atoms with E-state index < -0.39 is 10.0 Å². The number of pyridine rings is 1. The van der Waals surface area contributed by atoms with Crippen molar-refractivity contribution in [3.8, 4) is 0 Å². The molecule has 0 radical (unpaired) electrons. The maximum Gasteiger partial charge on any atom is 0.258 e. The lowest BCUT2D eigenvalue weighted by Crippen LogP contribution is -2.31. The lowest BCUT2D eigenvalue weighted by atomic mass is 10.1. The van der Waals surface area contributed by atoms with Crippen LogP contribution in [-0.2, 0) is 10.0 Å². The second-order valence-electron chi connectivity index (χ2n) is 4.57. The SMILES string of the molecule is Cc1cnc(S(=O)(=O)NC(C)C)c2ccccc12.